The minimum atomic E-state index is -4.85. The predicted molar refractivity (Wildman–Crippen MR) is 109 cm³/mol. The van der Waals surface area contributed by atoms with Gasteiger partial charge in [-0.1, -0.05) is 34.4 Å². The first-order valence-corrected chi connectivity index (χ1v) is 9.70. The van der Waals surface area contributed by atoms with Crippen molar-refractivity contribution >= 4 is 28.9 Å². The average molecular weight is 482 g/mol. The molecule has 0 saturated carbocycles. The first-order chi connectivity index (χ1) is 15.2. The largest absolute Gasteiger partial charge is 0.495 e. The van der Waals surface area contributed by atoms with E-state index in [0.29, 0.717) is 11.3 Å². The molecule has 2 aromatic carbocycles. The lowest BCUT2D eigenvalue weighted by atomic mass is 9.86. The van der Waals surface area contributed by atoms with Crippen LogP contribution < -0.4 is 4.74 Å². The van der Waals surface area contributed by atoms with Crippen LogP contribution in [0.1, 0.15) is 23.1 Å². The van der Waals surface area contributed by atoms with Gasteiger partial charge < -0.3 is 9.57 Å². The minimum absolute atomic E-state index is 0.00834. The van der Waals surface area contributed by atoms with Crippen molar-refractivity contribution in [2.75, 3.05) is 7.11 Å². The van der Waals surface area contributed by atoms with E-state index in [2.05, 4.69) is 15.2 Å². The van der Waals surface area contributed by atoms with Crippen LogP contribution in [0.4, 0.5) is 13.2 Å². The van der Waals surface area contributed by atoms with E-state index < -0.39 is 18.2 Å². The lowest BCUT2D eigenvalue weighted by Crippen LogP contribution is -2.42. The number of alkyl halides is 3. The Bertz CT molecular complexity index is 1260. The van der Waals surface area contributed by atoms with Crippen molar-refractivity contribution in [1.82, 2.24) is 14.8 Å². The van der Waals surface area contributed by atoms with Crippen LogP contribution in [0.25, 0.3) is 5.69 Å². The number of rotatable bonds is 4. The smallest absolute Gasteiger partial charge is 0.435 e. The third-order valence-corrected chi connectivity index (χ3v) is 5.77. The van der Waals surface area contributed by atoms with Crippen molar-refractivity contribution in [1.29, 1.82) is 5.26 Å². The Morgan fingerprint density at radius 1 is 1.25 bits per heavy atom. The Kier molecular flexibility index (Phi) is 5.48. The molecule has 1 aliphatic heterocycles. The van der Waals surface area contributed by atoms with E-state index in [4.69, 9.17) is 32.8 Å². The van der Waals surface area contributed by atoms with Crippen molar-refractivity contribution in [3.05, 3.63) is 69.7 Å². The summed E-state index contributed by atoms with van der Waals surface area (Å²) in [5.74, 6) is -0.0289. The number of aromatic nitrogens is 3. The molecule has 0 N–H and O–H groups in total. The van der Waals surface area contributed by atoms with E-state index in [0.717, 1.165) is 12.1 Å². The van der Waals surface area contributed by atoms with Gasteiger partial charge in [-0.2, -0.15) is 23.5 Å². The fourth-order valence-corrected chi connectivity index (χ4v) is 3.74. The lowest BCUT2D eigenvalue weighted by Gasteiger charge is -2.30. The second kappa shape index (κ2) is 8.00. The van der Waals surface area contributed by atoms with Crippen LogP contribution in [0.3, 0.4) is 0 Å². The summed E-state index contributed by atoms with van der Waals surface area (Å²) in [5, 5.41) is 17.0. The van der Waals surface area contributed by atoms with Gasteiger partial charge >= 0.3 is 6.18 Å². The molecule has 164 valence electrons. The lowest BCUT2D eigenvalue weighted by molar-refractivity contribution is -0.275. The molecule has 3 aromatic rings. The average Bonchev–Trinajstić information content (AvgIpc) is 3.45. The highest BCUT2D eigenvalue weighted by Gasteiger charge is 2.62. The zero-order chi connectivity index (χ0) is 23.1. The number of hydrogen-bond donors (Lipinski definition) is 0. The summed E-state index contributed by atoms with van der Waals surface area (Å²) >= 11 is 12.0. The third kappa shape index (κ3) is 3.53. The number of hydrogen-bond acceptors (Lipinski definition) is 6. The second-order valence-electron chi connectivity index (χ2n) is 6.79. The summed E-state index contributed by atoms with van der Waals surface area (Å²) in [5.41, 5.74) is -2.21. The van der Waals surface area contributed by atoms with Gasteiger partial charge in [0.15, 0.2) is 0 Å². The third-order valence-electron chi connectivity index (χ3n) is 4.98. The van der Waals surface area contributed by atoms with E-state index in [1.54, 1.807) is 6.07 Å². The molecule has 7 nitrogen and oxygen atoms in total. The van der Waals surface area contributed by atoms with E-state index in [-0.39, 0.29) is 32.6 Å². The van der Waals surface area contributed by atoms with Crippen molar-refractivity contribution in [2.45, 2.75) is 18.2 Å². The number of benzene rings is 2. The zero-order valence-corrected chi connectivity index (χ0v) is 17.7. The first-order valence-electron chi connectivity index (χ1n) is 8.95. The van der Waals surface area contributed by atoms with Crippen molar-refractivity contribution < 1.29 is 22.7 Å². The molecular formula is C20H12Cl2F3N5O2. The van der Waals surface area contributed by atoms with Crippen LogP contribution in [0.5, 0.6) is 5.75 Å². The Morgan fingerprint density at radius 2 is 2.03 bits per heavy atom. The van der Waals surface area contributed by atoms with Gasteiger partial charge in [0.05, 0.1) is 29.1 Å². The topological polar surface area (TPSA) is 85.3 Å². The number of oxime groups is 1. The minimum Gasteiger partial charge on any atom is -0.495 e. The van der Waals surface area contributed by atoms with Crippen molar-refractivity contribution in [3.8, 4) is 17.5 Å². The van der Waals surface area contributed by atoms with Crippen LogP contribution in [-0.4, -0.2) is 33.8 Å². The quantitative estimate of drug-likeness (QED) is 0.521. The number of nitrogens with zero attached hydrogens (tertiary/aromatic N) is 5. The maximum absolute atomic E-state index is 14.3. The van der Waals surface area contributed by atoms with Gasteiger partial charge in [-0.15, -0.1) is 0 Å². The maximum Gasteiger partial charge on any atom is 0.435 e. The van der Waals surface area contributed by atoms with Gasteiger partial charge in [0.1, 0.15) is 29.5 Å². The molecule has 0 fully saturated rings. The summed E-state index contributed by atoms with van der Waals surface area (Å²) in [6.45, 7) is 0. The first kappa shape index (κ1) is 21.9. The fourth-order valence-electron chi connectivity index (χ4n) is 3.34. The van der Waals surface area contributed by atoms with E-state index in [1.165, 1.54) is 36.6 Å². The van der Waals surface area contributed by atoms with Crippen LogP contribution in [-0.2, 0) is 10.4 Å². The normalized spacial score (nSPS) is 18.1. The zero-order valence-electron chi connectivity index (χ0n) is 16.2. The maximum atomic E-state index is 14.3. The van der Waals surface area contributed by atoms with Crippen molar-refractivity contribution in [2.24, 2.45) is 5.16 Å². The summed E-state index contributed by atoms with van der Waals surface area (Å²) in [7, 11) is 1.26. The highest BCUT2D eigenvalue weighted by molar-refractivity contribution is 6.43. The summed E-state index contributed by atoms with van der Waals surface area (Å²) in [6, 6.07) is 8.69. The molecule has 1 aromatic heterocycles. The second-order valence-corrected chi connectivity index (χ2v) is 7.57. The van der Waals surface area contributed by atoms with Crippen molar-refractivity contribution in [3.63, 3.8) is 0 Å². The molecule has 0 radical (unpaired) electrons. The Hall–Kier alpha value is -3.29. The molecule has 4 rings (SSSR count). The van der Waals surface area contributed by atoms with Gasteiger partial charge in [-0.3, -0.25) is 0 Å². The van der Waals surface area contributed by atoms with Crippen LogP contribution in [0.15, 0.2) is 48.1 Å². The van der Waals surface area contributed by atoms with Gasteiger partial charge in [0, 0.05) is 17.5 Å². The highest BCUT2D eigenvalue weighted by Crippen LogP contribution is 2.51. The molecule has 0 saturated heterocycles. The van der Waals surface area contributed by atoms with E-state index in [1.807, 2.05) is 6.07 Å². The van der Waals surface area contributed by atoms with Crippen LogP contribution in [0.2, 0.25) is 10.0 Å². The van der Waals surface area contributed by atoms with Gasteiger partial charge in [0.25, 0.3) is 5.60 Å². The Morgan fingerprint density at radius 3 is 2.66 bits per heavy atom. The van der Waals surface area contributed by atoms with E-state index in [9.17, 15) is 18.4 Å². The number of nitriles is 1. The molecule has 12 heteroatoms. The molecule has 0 aliphatic carbocycles. The Balaban J connectivity index is 1.75. The monoisotopic (exact) mass is 481 g/mol. The molecule has 1 unspecified atom stereocenters. The van der Waals surface area contributed by atoms with Crippen LogP contribution >= 0.6 is 23.2 Å². The SMILES string of the molecule is COc1cc(C2(C(F)(F)F)CC(c3ccc(-n4cncn4)c(C#N)c3)=NO2)cc(Cl)c1Cl. The summed E-state index contributed by atoms with van der Waals surface area (Å²) < 4.78 is 49.2. The molecule has 0 amide bonds. The molecule has 0 spiro atoms. The highest BCUT2D eigenvalue weighted by atomic mass is 35.5. The summed E-state index contributed by atoms with van der Waals surface area (Å²) in [6.07, 6.45) is -2.80. The Labute approximate surface area is 189 Å². The molecule has 0 bridgehead atoms. The number of halogens is 5. The predicted octanol–water partition coefficient (Wildman–Crippen LogP) is 5.04. The molecule has 1 atom stereocenters. The number of ether oxygens (including phenoxy) is 1. The molecule has 32 heavy (non-hydrogen) atoms. The molecular weight excluding hydrogens is 470 g/mol. The van der Waals surface area contributed by atoms with Gasteiger partial charge in [-0.25, -0.2) is 9.67 Å². The molecule has 1 aliphatic rings. The van der Waals surface area contributed by atoms with Gasteiger partial charge in [0.2, 0.25) is 0 Å². The van der Waals surface area contributed by atoms with Gasteiger partial charge in [-0.05, 0) is 24.3 Å². The standard InChI is InChI=1S/C20H12Cl2F3N5O2/c1-31-17-6-13(5-14(21)18(17)22)19(20(23,24)25)7-15(29-32-19)11-2-3-16(12(4-11)8-26)30-10-27-9-28-30/h2-6,9-10H,7H2,1H3. The summed E-state index contributed by atoms with van der Waals surface area (Å²) in [4.78, 5) is 8.85. The van der Waals surface area contributed by atoms with E-state index >= 15 is 0 Å². The van der Waals surface area contributed by atoms with Crippen LogP contribution in [0, 0.1) is 11.3 Å². The molecule has 2 heterocycles. The fraction of sp³-hybridized carbons (Fsp3) is 0.200. The number of methoxy groups -OCH3 is 1.